The van der Waals surface area contributed by atoms with Gasteiger partial charge in [0.15, 0.2) is 0 Å². The highest BCUT2D eigenvalue weighted by molar-refractivity contribution is 6.22. The van der Waals surface area contributed by atoms with E-state index in [9.17, 15) is 14.4 Å². The number of hydrogen-bond donors (Lipinski definition) is 2. The van der Waals surface area contributed by atoms with Gasteiger partial charge in [-0.05, 0) is 35.2 Å². The van der Waals surface area contributed by atoms with Crippen molar-refractivity contribution in [3.63, 3.8) is 0 Å². The lowest BCUT2D eigenvalue weighted by Crippen LogP contribution is -2.36. The van der Waals surface area contributed by atoms with Gasteiger partial charge in [-0.25, -0.2) is 9.69 Å². The number of imide groups is 1. The Hall–Kier alpha value is -3.22. The first-order chi connectivity index (χ1) is 13.0. The quantitative estimate of drug-likeness (QED) is 0.768. The summed E-state index contributed by atoms with van der Waals surface area (Å²) in [6.45, 7) is 4.47. The van der Waals surface area contributed by atoms with Crippen LogP contribution >= 0.6 is 0 Å². The Morgan fingerprint density at radius 1 is 1.22 bits per heavy atom. The normalized spacial score (nSPS) is 16.6. The minimum absolute atomic E-state index is 0.106. The van der Waals surface area contributed by atoms with Crippen LogP contribution in [0.15, 0.2) is 48.8 Å². The number of amides is 4. The van der Waals surface area contributed by atoms with Crippen molar-refractivity contribution < 1.29 is 14.4 Å². The van der Waals surface area contributed by atoms with Gasteiger partial charge in [0.1, 0.15) is 6.04 Å². The first-order valence-electron chi connectivity index (χ1n) is 8.85. The Morgan fingerprint density at radius 2 is 1.96 bits per heavy atom. The third kappa shape index (κ3) is 4.31. The Bertz CT molecular complexity index is 834. The highest BCUT2D eigenvalue weighted by Gasteiger charge is 2.39. The number of hydrogen-bond acceptors (Lipinski definition) is 4. The zero-order valence-electron chi connectivity index (χ0n) is 15.3. The van der Waals surface area contributed by atoms with Gasteiger partial charge < -0.3 is 10.6 Å². The number of nitrogens with zero attached hydrogens (tertiary/aromatic N) is 2. The van der Waals surface area contributed by atoms with Crippen LogP contribution in [0.4, 0.5) is 10.5 Å². The van der Waals surface area contributed by atoms with E-state index >= 15 is 0 Å². The highest BCUT2D eigenvalue weighted by atomic mass is 16.2. The van der Waals surface area contributed by atoms with Gasteiger partial charge in [0, 0.05) is 18.9 Å². The van der Waals surface area contributed by atoms with Crippen molar-refractivity contribution >= 4 is 23.5 Å². The molecule has 7 nitrogen and oxygen atoms in total. The molecule has 4 amide bonds. The monoisotopic (exact) mass is 366 g/mol. The van der Waals surface area contributed by atoms with Crippen LogP contribution in [-0.4, -0.2) is 28.9 Å². The number of pyridine rings is 1. The summed E-state index contributed by atoms with van der Waals surface area (Å²) in [6, 6.07) is 9.54. The van der Waals surface area contributed by atoms with E-state index < -0.39 is 18.0 Å². The van der Waals surface area contributed by atoms with Crippen LogP contribution in [0.25, 0.3) is 0 Å². The molecule has 1 saturated heterocycles. The van der Waals surface area contributed by atoms with Crippen molar-refractivity contribution in [2.75, 3.05) is 4.90 Å². The van der Waals surface area contributed by atoms with Gasteiger partial charge in [-0.3, -0.25) is 14.6 Å². The van der Waals surface area contributed by atoms with Crippen molar-refractivity contribution in [1.82, 2.24) is 15.6 Å². The predicted molar refractivity (Wildman–Crippen MR) is 101 cm³/mol. The van der Waals surface area contributed by atoms with Crippen molar-refractivity contribution in [3.05, 3.63) is 59.9 Å². The SMILES string of the molecule is CC(C)c1ccc(N2C(=O)NC(CC(=O)NCc3cccnc3)C2=O)cc1. The average Bonchev–Trinajstić information content (AvgIpc) is 2.94. The fourth-order valence-corrected chi connectivity index (χ4v) is 2.88. The van der Waals surface area contributed by atoms with Crippen molar-refractivity contribution in [3.8, 4) is 0 Å². The Balaban J connectivity index is 1.61. The fourth-order valence-electron chi connectivity index (χ4n) is 2.88. The largest absolute Gasteiger partial charge is 0.352 e. The summed E-state index contributed by atoms with van der Waals surface area (Å²) in [6.07, 6.45) is 3.21. The molecule has 0 spiro atoms. The number of nitrogens with one attached hydrogen (secondary N) is 2. The van der Waals surface area contributed by atoms with Crippen LogP contribution in [0.5, 0.6) is 0 Å². The second-order valence-electron chi connectivity index (χ2n) is 6.76. The van der Waals surface area contributed by atoms with Gasteiger partial charge in [0.05, 0.1) is 12.1 Å². The number of urea groups is 1. The van der Waals surface area contributed by atoms with Gasteiger partial charge in [0.2, 0.25) is 5.91 Å². The van der Waals surface area contributed by atoms with Gasteiger partial charge in [-0.2, -0.15) is 0 Å². The van der Waals surface area contributed by atoms with Gasteiger partial charge in [-0.1, -0.05) is 32.0 Å². The maximum absolute atomic E-state index is 12.6. The van der Waals surface area contributed by atoms with Crippen LogP contribution < -0.4 is 15.5 Å². The molecule has 0 aliphatic carbocycles. The van der Waals surface area contributed by atoms with E-state index in [1.165, 1.54) is 0 Å². The predicted octanol–water partition coefficient (Wildman–Crippen LogP) is 2.34. The minimum Gasteiger partial charge on any atom is -0.352 e. The van der Waals surface area contributed by atoms with E-state index in [4.69, 9.17) is 0 Å². The molecule has 1 atom stereocenters. The molecule has 1 aromatic carbocycles. The smallest absolute Gasteiger partial charge is 0.329 e. The summed E-state index contributed by atoms with van der Waals surface area (Å²) in [5, 5.41) is 5.32. The molecule has 3 rings (SSSR count). The van der Waals surface area contributed by atoms with Crippen molar-refractivity contribution in [2.24, 2.45) is 0 Å². The van der Waals surface area contributed by atoms with Crippen molar-refractivity contribution in [1.29, 1.82) is 0 Å². The zero-order chi connectivity index (χ0) is 19.4. The molecule has 0 radical (unpaired) electrons. The van der Waals surface area contributed by atoms with E-state index in [1.54, 1.807) is 30.6 Å². The third-order valence-corrected chi connectivity index (χ3v) is 4.44. The standard InChI is InChI=1S/C20H22N4O3/c1-13(2)15-5-7-16(8-6-15)24-19(26)17(23-20(24)27)10-18(25)22-12-14-4-3-9-21-11-14/h3-9,11,13,17H,10,12H2,1-2H3,(H,22,25)(H,23,27). The Labute approximate surface area is 157 Å². The molecular formula is C20H22N4O3. The lowest BCUT2D eigenvalue weighted by molar-refractivity contribution is -0.125. The van der Waals surface area contributed by atoms with Crippen LogP contribution in [0, 0.1) is 0 Å². The molecule has 1 aromatic heterocycles. The Morgan fingerprint density at radius 3 is 2.59 bits per heavy atom. The van der Waals surface area contributed by atoms with Gasteiger partial charge in [0.25, 0.3) is 5.91 Å². The summed E-state index contributed by atoms with van der Waals surface area (Å²) < 4.78 is 0. The molecule has 2 heterocycles. The number of benzene rings is 1. The summed E-state index contributed by atoms with van der Waals surface area (Å²) in [5.41, 5.74) is 2.48. The molecule has 1 unspecified atom stereocenters. The first kappa shape index (κ1) is 18.6. The number of anilines is 1. The number of aromatic nitrogens is 1. The molecule has 0 bridgehead atoms. The molecule has 140 valence electrons. The zero-order valence-corrected chi connectivity index (χ0v) is 15.3. The van der Waals surface area contributed by atoms with E-state index in [2.05, 4.69) is 29.5 Å². The van der Waals surface area contributed by atoms with Crippen LogP contribution in [0.2, 0.25) is 0 Å². The number of carbonyl (C=O) groups is 3. The lowest BCUT2D eigenvalue weighted by atomic mass is 10.0. The third-order valence-electron chi connectivity index (χ3n) is 4.44. The van der Waals surface area contributed by atoms with E-state index in [0.717, 1.165) is 16.0 Å². The maximum Gasteiger partial charge on any atom is 0.329 e. The minimum atomic E-state index is -0.865. The van der Waals surface area contributed by atoms with E-state index in [0.29, 0.717) is 18.2 Å². The van der Waals surface area contributed by atoms with Crippen molar-refractivity contribution in [2.45, 2.75) is 38.8 Å². The average molecular weight is 366 g/mol. The first-order valence-corrected chi connectivity index (χ1v) is 8.85. The van der Waals surface area contributed by atoms with Crippen LogP contribution in [-0.2, 0) is 16.1 Å². The molecule has 0 saturated carbocycles. The highest BCUT2D eigenvalue weighted by Crippen LogP contribution is 2.23. The second-order valence-corrected chi connectivity index (χ2v) is 6.76. The van der Waals surface area contributed by atoms with Gasteiger partial charge >= 0.3 is 6.03 Å². The number of carbonyl (C=O) groups excluding carboxylic acids is 3. The summed E-state index contributed by atoms with van der Waals surface area (Å²) in [7, 11) is 0. The molecular weight excluding hydrogens is 344 g/mol. The second kappa shape index (κ2) is 7.99. The lowest BCUT2D eigenvalue weighted by Gasteiger charge is -2.14. The number of rotatable bonds is 6. The fraction of sp³-hybridized carbons (Fsp3) is 0.300. The molecule has 1 aliphatic heterocycles. The van der Waals surface area contributed by atoms with E-state index in [-0.39, 0.29) is 12.3 Å². The molecule has 1 fully saturated rings. The maximum atomic E-state index is 12.6. The summed E-state index contributed by atoms with van der Waals surface area (Å²) in [4.78, 5) is 42.0. The summed E-state index contributed by atoms with van der Waals surface area (Å²) in [5.74, 6) is -0.373. The topological polar surface area (TPSA) is 91.4 Å². The van der Waals surface area contributed by atoms with Crippen LogP contribution in [0.3, 0.4) is 0 Å². The molecule has 2 N–H and O–H groups in total. The summed E-state index contributed by atoms with van der Waals surface area (Å²) >= 11 is 0. The molecule has 2 aromatic rings. The van der Waals surface area contributed by atoms with Gasteiger partial charge in [-0.15, -0.1) is 0 Å². The molecule has 27 heavy (non-hydrogen) atoms. The van der Waals surface area contributed by atoms with Crippen LogP contribution in [0.1, 0.15) is 37.3 Å². The molecule has 1 aliphatic rings. The Kier molecular flexibility index (Phi) is 5.49. The molecule has 7 heteroatoms. The van der Waals surface area contributed by atoms with E-state index in [1.807, 2.05) is 18.2 Å².